The van der Waals surface area contributed by atoms with E-state index in [1.165, 1.54) is 0 Å². The van der Waals surface area contributed by atoms with E-state index in [9.17, 15) is 0 Å². The highest BCUT2D eigenvalue weighted by molar-refractivity contribution is 6.43. The normalized spacial score (nSPS) is 11.5. The molecule has 1 aromatic heterocycles. The van der Waals surface area contributed by atoms with Crippen molar-refractivity contribution in [1.82, 2.24) is 9.97 Å². The quantitative estimate of drug-likeness (QED) is 0.845. The van der Waals surface area contributed by atoms with E-state index in [0.717, 1.165) is 29.4 Å². The molecular formula is C16H19Cl2N3. The van der Waals surface area contributed by atoms with Gasteiger partial charge in [0.05, 0.1) is 15.7 Å². The van der Waals surface area contributed by atoms with Crippen LogP contribution < -0.4 is 5.32 Å². The van der Waals surface area contributed by atoms with Gasteiger partial charge in [-0.1, -0.05) is 56.1 Å². The summed E-state index contributed by atoms with van der Waals surface area (Å²) in [7, 11) is 0. The Labute approximate surface area is 135 Å². The number of aromatic nitrogens is 2. The average Bonchev–Trinajstić information content (AvgIpc) is 2.41. The molecule has 1 aromatic carbocycles. The van der Waals surface area contributed by atoms with Crippen molar-refractivity contribution in [2.75, 3.05) is 11.9 Å². The van der Waals surface area contributed by atoms with Crippen LogP contribution in [-0.4, -0.2) is 16.5 Å². The molecule has 1 heterocycles. The minimum absolute atomic E-state index is 0.148. The van der Waals surface area contributed by atoms with Crippen LogP contribution in [0.25, 0.3) is 11.3 Å². The molecule has 1 N–H and O–H groups in total. The third-order valence-corrected chi connectivity index (χ3v) is 3.80. The summed E-state index contributed by atoms with van der Waals surface area (Å²) < 4.78 is 0. The van der Waals surface area contributed by atoms with Crippen LogP contribution in [0.4, 0.5) is 5.82 Å². The van der Waals surface area contributed by atoms with Crippen LogP contribution in [0.3, 0.4) is 0 Å². The minimum Gasteiger partial charge on any atom is -0.370 e. The molecule has 2 rings (SSSR count). The van der Waals surface area contributed by atoms with Gasteiger partial charge in [0.15, 0.2) is 0 Å². The van der Waals surface area contributed by atoms with Gasteiger partial charge in [0, 0.05) is 23.6 Å². The largest absolute Gasteiger partial charge is 0.370 e. The highest BCUT2D eigenvalue weighted by atomic mass is 35.5. The Bertz CT molecular complexity index is 648. The lowest BCUT2D eigenvalue weighted by Gasteiger charge is -2.19. The second-order valence-electron chi connectivity index (χ2n) is 5.84. The lowest BCUT2D eigenvalue weighted by Crippen LogP contribution is -2.17. The molecular weight excluding hydrogens is 305 g/mol. The summed E-state index contributed by atoms with van der Waals surface area (Å²) >= 11 is 12.4. The number of anilines is 1. The van der Waals surface area contributed by atoms with Crippen LogP contribution in [0.1, 0.15) is 33.5 Å². The topological polar surface area (TPSA) is 37.8 Å². The number of hydrogen-bond donors (Lipinski definition) is 1. The number of nitrogens with zero attached hydrogens (tertiary/aromatic N) is 2. The third-order valence-electron chi connectivity index (χ3n) is 2.98. The Morgan fingerprint density at radius 1 is 1.14 bits per heavy atom. The summed E-state index contributed by atoms with van der Waals surface area (Å²) in [6, 6.07) is 7.45. The van der Waals surface area contributed by atoms with Crippen LogP contribution in [0.2, 0.25) is 10.0 Å². The number of rotatable bonds is 3. The fourth-order valence-electron chi connectivity index (χ4n) is 1.89. The zero-order chi connectivity index (χ0) is 15.6. The summed E-state index contributed by atoms with van der Waals surface area (Å²) in [6.45, 7) is 9.08. The van der Waals surface area contributed by atoms with Crippen LogP contribution in [0, 0.1) is 0 Å². The van der Waals surface area contributed by atoms with Crippen molar-refractivity contribution in [3.05, 3.63) is 40.1 Å². The van der Waals surface area contributed by atoms with Gasteiger partial charge in [0.25, 0.3) is 0 Å². The maximum absolute atomic E-state index is 6.31. The molecule has 3 nitrogen and oxygen atoms in total. The summed E-state index contributed by atoms with van der Waals surface area (Å²) in [5, 5.41) is 4.27. The highest BCUT2D eigenvalue weighted by Gasteiger charge is 2.20. The van der Waals surface area contributed by atoms with E-state index in [4.69, 9.17) is 23.2 Å². The van der Waals surface area contributed by atoms with Crippen molar-refractivity contribution in [3.8, 4) is 11.3 Å². The van der Waals surface area contributed by atoms with E-state index in [2.05, 4.69) is 36.1 Å². The lowest BCUT2D eigenvalue weighted by atomic mass is 9.95. The molecule has 0 aliphatic heterocycles. The first-order valence-corrected chi connectivity index (χ1v) is 7.66. The minimum atomic E-state index is -0.148. The fourth-order valence-corrected chi connectivity index (χ4v) is 2.29. The van der Waals surface area contributed by atoms with Crippen LogP contribution in [-0.2, 0) is 5.41 Å². The Balaban J connectivity index is 2.62. The van der Waals surface area contributed by atoms with Crippen LogP contribution in [0.15, 0.2) is 24.3 Å². The predicted molar refractivity (Wildman–Crippen MR) is 90.4 cm³/mol. The SMILES string of the molecule is CCNc1cc(-c2cccc(Cl)c2Cl)nc(C(C)(C)C)n1. The third kappa shape index (κ3) is 3.66. The second kappa shape index (κ2) is 6.20. The molecule has 0 amide bonds. The maximum atomic E-state index is 6.31. The molecule has 21 heavy (non-hydrogen) atoms. The van der Waals surface area contributed by atoms with Gasteiger partial charge in [-0.2, -0.15) is 0 Å². The lowest BCUT2D eigenvalue weighted by molar-refractivity contribution is 0.546. The Hall–Kier alpha value is -1.32. The van der Waals surface area contributed by atoms with E-state index < -0.39 is 0 Å². The number of benzene rings is 1. The second-order valence-corrected chi connectivity index (χ2v) is 6.63. The molecule has 0 unspecified atom stereocenters. The summed E-state index contributed by atoms with van der Waals surface area (Å²) in [5.74, 6) is 1.57. The molecule has 2 aromatic rings. The molecule has 112 valence electrons. The van der Waals surface area contributed by atoms with Gasteiger partial charge in [0.2, 0.25) is 0 Å². The maximum Gasteiger partial charge on any atom is 0.136 e. The van der Waals surface area contributed by atoms with Gasteiger partial charge in [0.1, 0.15) is 11.6 Å². The van der Waals surface area contributed by atoms with Crippen LogP contribution >= 0.6 is 23.2 Å². The zero-order valence-electron chi connectivity index (χ0n) is 12.7. The fraction of sp³-hybridized carbons (Fsp3) is 0.375. The molecule has 0 atom stereocenters. The van der Waals surface area contributed by atoms with Gasteiger partial charge in [-0.3, -0.25) is 0 Å². The smallest absolute Gasteiger partial charge is 0.136 e. The van der Waals surface area contributed by atoms with Gasteiger partial charge in [-0.05, 0) is 13.0 Å². The van der Waals surface area contributed by atoms with E-state index >= 15 is 0 Å². The molecule has 0 spiro atoms. The number of halogens is 2. The Morgan fingerprint density at radius 3 is 2.48 bits per heavy atom. The Kier molecular flexibility index (Phi) is 4.74. The van der Waals surface area contributed by atoms with Crippen molar-refractivity contribution in [2.24, 2.45) is 0 Å². The van der Waals surface area contributed by atoms with E-state index in [0.29, 0.717) is 10.0 Å². The van der Waals surface area contributed by atoms with Gasteiger partial charge in [-0.25, -0.2) is 9.97 Å². The van der Waals surface area contributed by atoms with Crippen molar-refractivity contribution >= 4 is 29.0 Å². The molecule has 0 saturated carbocycles. The summed E-state index contributed by atoms with van der Waals surface area (Å²) in [4.78, 5) is 9.24. The number of nitrogens with one attached hydrogen (secondary N) is 1. The van der Waals surface area contributed by atoms with Crippen molar-refractivity contribution in [3.63, 3.8) is 0 Å². The Morgan fingerprint density at radius 2 is 1.86 bits per heavy atom. The zero-order valence-corrected chi connectivity index (χ0v) is 14.2. The monoisotopic (exact) mass is 323 g/mol. The van der Waals surface area contributed by atoms with Gasteiger partial charge in [-0.15, -0.1) is 0 Å². The first kappa shape index (κ1) is 16.1. The van der Waals surface area contributed by atoms with Crippen LogP contribution in [0.5, 0.6) is 0 Å². The van der Waals surface area contributed by atoms with Gasteiger partial charge >= 0.3 is 0 Å². The molecule has 0 fully saturated rings. The molecule has 0 saturated heterocycles. The molecule has 5 heteroatoms. The summed E-state index contributed by atoms with van der Waals surface area (Å²) in [6.07, 6.45) is 0. The molecule has 0 aliphatic carbocycles. The van der Waals surface area contributed by atoms with E-state index in [-0.39, 0.29) is 5.41 Å². The predicted octanol–water partition coefficient (Wildman–Crippen LogP) is 5.18. The first-order chi connectivity index (χ1) is 9.82. The summed E-state index contributed by atoms with van der Waals surface area (Å²) in [5.41, 5.74) is 1.44. The molecule has 0 radical (unpaired) electrons. The van der Waals surface area contributed by atoms with Crippen molar-refractivity contribution < 1.29 is 0 Å². The molecule has 0 aliphatic rings. The van der Waals surface area contributed by atoms with E-state index in [1.807, 2.05) is 25.1 Å². The standard InChI is InChI=1S/C16H19Cl2N3/c1-5-19-13-9-12(20-15(21-13)16(2,3)4)10-7-6-8-11(17)14(10)18/h6-9H,5H2,1-4H3,(H,19,20,21). The average molecular weight is 324 g/mol. The number of hydrogen-bond acceptors (Lipinski definition) is 3. The van der Waals surface area contributed by atoms with Crippen molar-refractivity contribution in [2.45, 2.75) is 33.1 Å². The van der Waals surface area contributed by atoms with E-state index in [1.54, 1.807) is 6.07 Å². The first-order valence-electron chi connectivity index (χ1n) is 6.90. The van der Waals surface area contributed by atoms with Crippen molar-refractivity contribution in [1.29, 1.82) is 0 Å². The molecule has 0 bridgehead atoms. The van der Waals surface area contributed by atoms with Gasteiger partial charge < -0.3 is 5.32 Å². The highest BCUT2D eigenvalue weighted by Crippen LogP contribution is 2.34.